The highest BCUT2D eigenvalue weighted by atomic mass is 32.2. The predicted octanol–water partition coefficient (Wildman–Crippen LogP) is 5.35. The number of rotatable bonds is 6. The Bertz CT molecular complexity index is 877. The zero-order valence-electron chi connectivity index (χ0n) is 14.4. The van der Waals surface area contributed by atoms with Crippen molar-refractivity contribution < 1.29 is 9.18 Å². The van der Waals surface area contributed by atoms with E-state index in [1.807, 2.05) is 0 Å². The molecular weight excluding hydrogens is 369 g/mol. The van der Waals surface area contributed by atoms with E-state index in [1.165, 1.54) is 46.7 Å². The van der Waals surface area contributed by atoms with Gasteiger partial charge < -0.3 is 0 Å². The second-order valence-electron chi connectivity index (χ2n) is 6.02. The molecule has 0 saturated heterocycles. The lowest BCUT2D eigenvalue weighted by Gasteiger charge is -2.06. The number of anilines is 1. The van der Waals surface area contributed by atoms with Crippen LogP contribution < -0.4 is 5.32 Å². The van der Waals surface area contributed by atoms with Crippen LogP contribution in [-0.4, -0.2) is 16.1 Å². The summed E-state index contributed by atoms with van der Waals surface area (Å²) in [5, 5.41) is 11.2. The molecule has 0 unspecified atom stereocenters. The first kappa shape index (κ1) is 18.5. The lowest BCUT2D eigenvalue weighted by Crippen LogP contribution is -2.11. The molecule has 0 aliphatic rings. The maximum absolute atomic E-state index is 12.9. The van der Waals surface area contributed by atoms with Crippen LogP contribution >= 0.6 is 23.1 Å². The highest BCUT2D eigenvalue weighted by Gasteiger charge is 2.11. The minimum absolute atomic E-state index is 0.332. The van der Waals surface area contributed by atoms with Gasteiger partial charge in [-0.25, -0.2) is 4.39 Å². The van der Waals surface area contributed by atoms with Gasteiger partial charge in [0.15, 0.2) is 4.34 Å². The van der Waals surface area contributed by atoms with Crippen LogP contribution in [0.3, 0.4) is 0 Å². The third kappa shape index (κ3) is 4.89. The van der Waals surface area contributed by atoms with Gasteiger partial charge in [-0.3, -0.25) is 10.1 Å². The van der Waals surface area contributed by atoms with E-state index in [2.05, 4.69) is 53.6 Å². The standard InChI is InChI=1S/C19H18FN3OS2/c1-12(2)14-5-3-13(4-6-14)11-25-19-23-22-18(26-19)21-17(24)15-7-9-16(20)10-8-15/h3-10,12H,11H2,1-2H3,(H,21,22,24). The summed E-state index contributed by atoms with van der Waals surface area (Å²) in [7, 11) is 0. The van der Waals surface area contributed by atoms with Crippen LogP contribution in [0, 0.1) is 5.82 Å². The van der Waals surface area contributed by atoms with Crippen LogP contribution in [-0.2, 0) is 5.75 Å². The first-order valence-electron chi connectivity index (χ1n) is 8.13. The Morgan fingerprint density at radius 2 is 1.81 bits per heavy atom. The molecule has 0 aliphatic carbocycles. The summed E-state index contributed by atoms with van der Waals surface area (Å²) in [5.74, 6) is 0.602. The molecule has 1 N–H and O–H groups in total. The topological polar surface area (TPSA) is 54.9 Å². The van der Waals surface area contributed by atoms with Crippen LogP contribution in [0.4, 0.5) is 9.52 Å². The molecule has 2 aromatic carbocycles. The van der Waals surface area contributed by atoms with E-state index in [0.29, 0.717) is 16.6 Å². The molecule has 1 heterocycles. The fourth-order valence-corrected chi connectivity index (χ4v) is 3.94. The quantitative estimate of drug-likeness (QED) is 0.458. The normalized spacial score (nSPS) is 10.9. The van der Waals surface area contributed by atoms with E-state index in [0.717, 1.165) is 10.1 Å². The van der Waals surface area contributed by atoms with Crippen LogP contribution in [0.5, 0.6) is 0 Å². The van der Waals surface area contributed by atoms with Gasteiger partial charge in [0.05, 0.1) is 0 Å². The average Bonchev–Trinajstić information content (AvgIpc) is 3.08. The van der Waals surface area contributed by atoms with E-state index in [1.54, 1.807) is 11.8 Å². The largest absolute Gasteiger partial charge is 0.296 e. The van der Waals surface area contributed by atoms with Crippen LogP contribution in [0.2, 0.25) is 0 Å². The zero-order chi connectivity index (χ0) is 18.5. The number of carbonyl (C=O) groups excluding carboxylic acids is 1. The summed E-state index contributed by atoms with van der Waals surface area (Å²) in [6.07, 6.45) is 0. The third-order valence-electron chi connectivity index (χ3n) is 3.74. The smallest absolute Gasteiger partial charge is 0.257 e. The van der Waals surface area contributed by atoms with Gasteiger partial charge in [0, 0.05) is 11.3 Å². The molecule has 3 rings (SSSR count). The molecule has 0 spiro atoms. The van der Waals surface area contributed by atoms with Crippen molar-refractivity contribution >= 4 is 34.1 Å². The minimum atomic E-state index is -0.377. The number of amides is 1. The van der Waals surface area contributed by atoms with Gasteiger partial charge in [-0.05, 0) is 41.3 Å². The lowest BCUT2D eigenvalue weighted by molar-refractivity contribution is 0.102. The number of aromatic nitrogens is 2. The molecule has 0 aliphatic heterocycles. The van der Waals surface area contributed by atoms with Crippen molar-refractivity contribution in [1.82, 2.24) is 10.2 Å². The molecular formula is C19H18FN3OS2. The highest BCUT2D eigenvalue weighted by molar-refractivity contribution is 8.00. The summed E-state index contributed by atoms with van der Waals surface area (Å²) in [6.45, 7) is 4.35. The Morgan fingerprint density at radius 1 is 1.12 bits per heavy atom. The van der Waals surface area contributed by atoms with Crippen LogP contribution in [0.1, 0.15) is 41.3 Å². The van der Waals surface area contributed by atoms with Crippen molar-refractivity contribution in [2.45, 2.75) is 29.9 Å². The van der Waals surface area contributed by atoms with E-state index in [-0.39, 0.29) is 11.7 Å². The first-order valence-corrected chi connectivity index (χ1v) is 9.93. The predicted molar refractivity (Wildman–Crippen MR) is 104 cm³/mol. The Hall–Kier alpha value is -2.25. The molecule has 1 amide bonds. The number of halogens is 1. The summed E-state index contributed by atoms with van der Waals surface area (Å²) in [6, 6.07) is 13.9. The Morgan fingerprint density at radius 3 is 2.46 bits per heavy atom. The molecule has 0 saturated carbocycles. The Balaban J connectivity index is 1.56. The number of hydrogen-bond donors (Lipinski definition) is 1. The van der Waals surface area contributed by atoms with Crippen LogP contribution in [0.15, 0.2) is 52.9 Å². The molecule has 0 radical (unpaired) electrons. The molecule has 7 heteroatoms. The minimum Gasteiger partial charge on any atom is -0.296 e. The maximum atomic E-state index is 12.9. The van der Waals surface area contributed by atoms with Crippen molar-refractivity contribution in [3.63, 3.8) is 0 Å². The molecule has 0 bridgehead atoms. The summed E-state index contributed by atoms with van der Waals surface area (Å²) < 4.78 is 13.7. The number of hydrogen-bond acceptors (Lipinski definition) is 5. The number of carbonyl (C=O) groups is 1. The van der Waals surface area contributed by atoms with Gasteiger partial charge in [-0.1, -0.05) is 61.2 Å². The Kier molecular flexibility index (Phi) is 6.00. The molecule has 26 heavy (non-hydrogen) atoms. The van der Waals surface area contributed by atoms with Crippen molar-refractivity contribution in [2.24, 2.45) is 0 Å². The van der Waals surface area contributed by atoms with Crippen molar-refractivity contribution in [3.05, 3.63) is 71.0 Å². The SMILES string of the molecule is CC(C)c1ccc(CSc2nnc(NC(=O)c3ccc(F)cc3)s2)cc1. The number of benzene rings is 2. The zero-order valence-corrected chi connectivity index (χ0v) is 16.0. The summed E-state index contributed by atoms with van der Waals surface area (Å²) in [5.41, 5.74) is 2.91. The van der Waals surface area contributed by atoms with Crippen molar-refractivity contribution in [3.8, 4) is 0 Å². The van der Waals surface area contributed by atoms with Gasteiger partial charge in [-0.15, -0.1) is 10.2 Å². The molecule has 1 aromatic heterocycles. The highest BCUT2D eigenvalue weighted by Crippen LogP contribution is 2.29. The third-order valence-corrected chi connectivity index (χ3v) is 5.79. The van der Waals surface area contributed by atoms with Crippen LogP contribution in [0.25, 0.3) is 0 Å². The second kappa shape index (κ2) is 8.42. The molecule has 0 fully saturated rings. The molecule has 4 nitrogen and oxygen atoms in total. The number of nitrogens with one attached hydrogen (secondary N) is 1. The fraction of sp³-hybridized carbons (Fsp3) is 0.211. The number of nitrogens with zero attached hydrogens (tertiary/aromatic N) is 2. The van der Waals surface area contributed by atoms with Crippen molar-refractivity contribution in [1.29, 1.82) is 0 Å². The lowest BCUT2D eigenvalue weighted by atomic mass is 10.0. The second-order valence-corrected chi connectivity index (χ2v) is 8.22. The number of thioether (sulfide) groups is 1. The fourth-order valence-electron chi connectivity index (χ4n) is 2.23. The molecule has 134 valence electrons. The van der Waals surface area contributed by atoms with E-state index in [4.69, 9.17) is 0 Å². The summed E-state index contributed by atoms with van der Waals surface area (Å²) in [4.78, 5) is 12.1. The van der Waals surface area contributed by atoms with Crippen molar-refractivity contribution in [2.75, 3.05) is 5.32 Å². The van der Waals surface area contributed by atoms with Gasteiger partial charge in [0.25, 0.3) is 5.91 Å². The average molecular weight is 388 g/mol. The van der Waals surface area contributed by atoms with E-state index >= 15 is 0 Å². The monoisotopic (exact) mass is 387 g/mol. The molecule has 0 atom stereocenters. The van der Waals surface area contributed by atoms with E-state index < -0.39 is 0 Å². The van der Waals surface area contributed by atoms with Gasteiger partial charge >= 0.3 is 0 Å². The van der Waals surface area contributed by atoms with Gasteiger partial charge in [0.2, 0.25) is 5.13 Å². The summed E-state index contributed by atoms with van der Waals surface area (Å²) >= 11 is 2.90. The van der Waals surface area contributed by atoms with Gasteiger partial charge in [0.1, 0.15) is 5.82 Å². The molecule has 3 aromatic rings. The van der Waals surface area contributed by atoms with E-state index in [9.17, 15) is 9.18 Å². The Labute approximate surface area is 159 Å². The van der Waals surface area contributed by atoms with Gasteiger partial charge in [-0.2, -0.15) is 0 Å². The maximum Gasteiger partial charge on any atom is 0.257 e. The first-order chi connectivity index (χ1) is 12.5.